The van der Waals surface area contributed by atoms with Crippen LogP contribution in [0, 0.1) is 5.82 Å². The third-order valence-corrected chi connectivity index (χ3v) is 3.79. The zero-order valence-corrected chi connectivity index (χ0v) is 14.8. The Morgan fingerprint density at radius 2 is 1.67 bits per heavy atom. The molecule has 1 heterocycles. The second-order valence-corrected chi connectivity index (χ2v) is 6.39. The minimum absolute atomic E-state index is 0.0162. The van der Waals surface area contributed by atoms with Crippen LogP contribution in [0.4, 0.5) is 4.39 Å². The van der Waals surface area contributed by atoms with Crippen molar-refractivity contribution >= 4 is 0 Å². The quantitative estimate of drug-likeness (QED) is 0.631. The van der Waals surface area contributed by atoms with Gasteiger partial charge in [0.2, 0.25) is 0 Å². The lowest BCUT2D eigenvalue weighted by atomic mass is 10.1. The van der Waals surface area contributed by atoms with E-state index >= 15 is 0 Å². The van der Waals surface area contributed by atoms with Crippen molar-refractivity contribution in [2.24, 2.45) is 0 Å². The van der Waals surface area contributed by atoms with E-state index < -0.39 is 5.60 Å². The molecule has 0 fully saturated rings. The van der Waals surface area contributed by atoms with Crippen molar-refractivity contribution < 1.29 is 28.6 Å². The highest BCUT2D eigenvalue weighted by Gasteiger charge is 2.19. The first kappa shape index (κ1) is 18.9. The van der Waals surface area contributed by atoms with Gasteiger partial charge in [-0.15, -0.1) is 0 Å². The monoisotopic (exact) mass is 373 g/mol. The highest BCUT2D eigenvalue weighted by atomic mass is 19.1. The number of ether oxygens (including phenoxy) is 2. The van der Waals surface area contributed by atoms with Gasteiger partial charge >= 0.3 is 0 Å². The summed E-state index contributed by atoms with van der Waals surface area (Å²) in [5.41, 5.74) is 0.180. The molecule has 1 atom stereocenters. The topological polar surface area (TPSA) is 85.0 Å². The molecule has 0 aliphatic carbocycles. The van der Waals surface area contributed by atoms with Crippen LogP contribution in [0.3, 0.4) is 0 Å². The van der Waals surface area contributed by atoms with Crippen molar-refractivity contribution in [3.8, 4) is 22.8 Å². The van der Waals surface area contributed by atoms with Crippen molar-refractivity contribution in [2.75, 3.05) is 13.2 Å². The number of aliphatic hydroxyl groups excluding tert-OH is 1. The van der Waals surface area contributed by atoms with Crippen LogP contribution in [0.1, 0.15) is 12.7 Å². The molecule has 27 heavy (non-hydrogen) atoms. The molecule has 0 unspecified atom stereocenters. The van der Waals surface area contributed by atoms with Crippen LogP contribution in [0.25, 0.3) is 11.3 Å². The van der Waals surface area contributed by atoms with Gasteiger partial charge in [0, 0.05) is 11.6 Å². The van der Waals surface area contributed by atoms with Crippen molar-refractivity contribution in [3.05, 3.63) is 66.2 Å². The number of nitrogens with zero attached hydrogens (tertiary/aromatic N) is 1. The summed E-state index contributed by atoms with van der Waals surface area (Å²) in [6.45, 7) is 1.27. The maximum Gasteiger partial charge on any atom is 0.174 e. The Bertz CT molecular complexity index is 859. The van der Waals surface area contributed by atoms with Crippen molar-refractivity contribution in [2.45, 2.75) is 19.1 Å². The van der Waals surface area contributed by atoms with Gasteiger partial charge in [0.1, 0.15) is 41.8 Å². The molecule has 0 aliphatic rings. The van der Waals surface area contributed by atoms with Crippen LogP contribution < -0.4 is 9.47 Å². The van der Waals surface area contributed by atoms with Gasteiger partial charge < -0.3 is 24.2 Å². The summed E-state index contributed by atoms with van der Waals surface area (Å²) in [7, 11) is 0. The lowest BCUT2D eigenvalue weighted by Gasteiger charge is -2.20. The third-order valence-electron chi connectivity index (χ3n) is 3.79. The first-order valence-electron chi connectivity index (χ1n) is 8.36. The molecule has 0 saturated heterocycles. The number of aliphatic hydroxyl groups is 2. The highest BCUT2D eigenvalue weighted by molar-refractivity contribution is 5.59. The molecule has 2 N–H and O–H groups in total. The molecule has 3 aromatic rings. The molecule has 2 aromatic carbocycles. The molecule has 7 heteroatoms. The van der Waals surface area contributed by atoms with E-state index in [0.717, 1.165) is 5.56 Å². The minimum atomic E-state index is -1.29. The molecule has 3 rings (SSSR count). The smallest absolute Gasteiger partial charge is 0.174 e. The number of halogens is 1. The zero-order chi connectivity index (χ0) is 19.3. The number of aromatic nitrogens is 1. The number of rotatable bonds is 8. The average Bonchev–Trinajstić information content (AvgIpc) is 3.15. The van der Waals surface area contributed by atoms with Crippen molar-refractivity contribution in [1.29, 1.82) is 0 Å². The van der Waals surface area contributed by atoms with Crippen LogP contribution in [-0.2, 0) is 6.61 Å². The van der Waals surface area contributed by atoms with Crippen LogP contribution >= 0.6 is 0 Å². The maximum atomic E-state index is 12.9. The summed E-state index contributed by atoms with van der Waals surface area (Å²) in [6, 6.07) is 14.6. The van der Waals surface area contributed by atoms with E-state index in [1.165, 1.54) is 19.1 Å². The van der Waals surface area contributed by atoms with Crippen LogP contribution in [-0.4, -0.2) is 34.2 Å². The Morgan fingerprint density at radius 3 is 2.33 bits per heavy atom. The predicted molar refractivity (Wildman–Crippen MR) is 95.9 cm³/mol. The number of benzene rings is 2. The van der Waals surface area contributed by atoms with E-state index in [1.807, 2.05) is 12.1 Å². The second kappa shape index (κ2) is 8.20. The van der Waals surface area contributed by atoms with E-state index in [-0.39, 0.29) is 25.6 Å². The molecular formula is C20H20FNO5. The Morgan fingerprint density at radius 1 is 1.04 bits per heavy atom. The summed E-state index contributed by atoms with van der Waals surface area (Å²) >= 11 is 0. The Kier molecular flexibility index (Phi) is 5.73. The van der Waals surface area contributed by atoms with Crippen molar-refractivity contribution in [1.82, 2.24) is 5.16 Å². The average molecular weight is 373 g/mol. The standard InChI is InChI=1S/C20H20FNO5/c1-20(24,12-23)13-26-17-6-2-14(3-7-17)19-10-18(27-22-19)11-25-16-8-4-15(21)5-9-16/h2-10,23-24H,11-13H2,1H3/t20-/m1/s1. The second-order valence-electron chi connectivity index (χ2n) is 6.39. The number of hydrogen-bond donors (Lipinski definition) is 2. The van der Waals surface area contributed by atoms with Crippen molar-refractivity contribution in [3.63, 3.8) is 0 Å². The van der Waals surface area contributed by atoms with Crippen LogP contribution in [0.5, 0.6) is 11.5 Å². The van der Waals surface area contributed by atoms with Gasteiger partial charge in [-0.05, 0) is 55.5 Å². The maximum absolute atomic E-state index is 12.9. The van der Waals surface area contributed by atoms with Gasteiger partial charge in [-0.25, -0.2) is 4.39 Å². The lowest BCUT2D eigenvalue weighted by molar-refractivity contribution is -0.0324. The summed E-state index contributed by atoms with van der Waals surface area (Å²) in [4.78, 5) is 0. The summed E-state index contributed by atoms with van der Waals surface area (Å²) < 4.78 is 29.1. The van der Waals surface area contributed by atoms with E-state index in [1.54, 1.807) is 30.3 Å². The molecular weight excluding hydrogens is 353 g/mol. The highest BCUT2D eigenvalue weighted by Crippen LogP contribution is 2.23. The first-order valence-corrected chi connectivity index (χ1v) is 8.36. The fourth-order valence-electron chi connectivity index (χ4n) is 2.21. The third kappa shape index (κ3) is 5.29. The van der Waals surface area contributed by atoms with Crippen LogP contribution in [0.15, 0.2) is 59.1 Å². The zero-order valence-electron chi connectivity index (χ0n) is 14.8. The Labute approximate surface area is 155 Å². The SMILES string of the molecule is C[C@@](O)(CO)COc1ccc(-c2cc(COc3ccc(F)cc3)on2)cc1. The predicted octanol–water partition coefficient (Wildman–Crippen LogP) is 3.18. The molecule has 0 amide bonds. The van der Waals surface area contributed by atoms with Gasteiger partial charge in [0.15, 0.2) is 5.76 Å². The van der Waals surface area contributed by atoms with E-state index in [0.29, 0.717) is 23.0 Å². The van der Waals surface area contributed by atoms with E-state index in [2.05, 4.69) is 5.16 Å². The van der Waals surface area contributed by atoms with Gasteiger partial charge in [-0.3, -0.25) is 0 Å². The fraction of sp³-hybridized carbons (Fsp3) is 0.250. The Hall–Kier alpha value is -2.90. The molecule has 0 radical (unpaired) electrons. The normalized spacial score (nSPS) is 13.2. The van der Waals surface area contributed by atoms with Gasteiger partial charge in [-0.1, -0.05) is 5.16 Å². The van der Waals surface area contributed by atoms with Gasteiger partial charge in [0.05, 0.1) is 6.61 Å². The Balaban J connectivity index is 1.58. The molecule has 0 saturated carbocycles. The largest absolute Gasteiger partial charge is 0.491 e. The fourth-order valence-corrected chi connectivity index (χ4v) is 2.21. The van der Waals surface area contributed by atoms with Crippen LogP contribution in [0.2, 0.25) is 0 Å². The molecule has 1 aromatic heterocycles. The number of hydrogen-bond acceptors (Lipinski definition) is 6. The lowest BCUT2D eigenvalue weighted by Crippen LogP contribution is -2.36. The minimum Gasteiger partial charge on any atom is -0.491 e. The molecule has 0 aliphatic heterocycles. The van der Waals surface area contributed by atoms with Gasteiger partial charge in [0.25, 0.3) is 0 Å². The summed E-state index contributed by atoms with van der Waals surface area (Å²) in [6.07, 6.45) is 0. The summed E-state index contributed by atoms with van der Waals surface area (Å²) in [5.74, 6) is 1.32. The van der Waals surface area contributed by atoms with E-state index in [4.69, 9.17) is 19.1 Å². The summed E-state index contributed by atoms with van der Waals surface area (Å²) in [5, 5.41) is 22.8. The molecule has 6 nitrogen and oxygen atoms in total. The molecule has 0 bridgehead atoms. The van der Waals surface area contributed by atoms with Gasteiger partial charge in [-0.2, -0.15) is 0 Å². The first-order chi connectivity index (χ1) is 12.9. The van der Waals surface area contributed by atoms with E-state index in [9.17, 15) is 9.50 Å². The molecule has 142 valence electrons. The molecule has 0 spiro atoms.